The molecular weight excluding hydrogens is 429 g/mol. The predicted octanol–water partition coefficient (Wildman–Crippen LogP) is 3.25. The van der Waals surface area contributed by atoms with E-state index in [4.69, 9.17) is 0 Å². The number of nitrogens with zero attached hydrogens (tertiary/aromatic N) is 2. The van der Waals surface area contributed by atoms with Crippen LogP contribution in [0.1, 0.15) is 5.56 Å². The lowest BCUT2D eigenvalue weighted by Gasteiger charge is -2.28. The van der Waals surface area contributed by atoms with Crippen molar-refractivity contribution < 1.29 is 21.6 Å². The van der Waals surface area contributed by atoms with E-state index in [-0.39, 0.29) is 17.4 Å². The topological polar surface area (TPSA) is 78.1 Å². The SMILES string of the molecule is Cl.O=S(=O)(c1cccc(C(F)(F)F)c1)c1cc2c(N3CCNCC3)nccc2[nH]1. The van der Waals surface area contributed by atoms with E-state index in [0.717, 1.165) is 44.4 Å². The number of rotatable bonds is 3. The van der Waals surface area contributed by atoms with Gasteiger partial charge in [0, 0.05) is 37.8 Å². The average Bonchev–Trinajstić information content (AvgIpc) is 3.13. The molecule has 1 aliphatic rings. The highest BCUT2D eigenvalue weighted by Gasteiger charge is 2.32. The van der Waals surface area contributed by atoms with Crippen LogP contribution in [0.25, 0.3) is 10.9 Å². The second-order valence-corrected chi connectivity index (χ2v) is 8.41. The van der Waals surface area contributed by atoms with Crippen LogP contribution in [0.2, 0.25) is 0 Å². The molecule has 0 bridgehead atoms. The lowest BCUT2D eigenvalue weighted by atomic mass is 10.2. The van der Waals surface area contributed by atoms with E-state index in [1.807, 2.05) is 4.90 Å². The van der Waals surface area contributed by atoms with Gasteiger partial charge in [-0.25, -0.2) is 13.4 Å². The number of benzene rings is 1. The average molecular weight is 447 g/mol. The summed E-state index contributed by atoms with van der Waals surface area (Å²) in [7, 11) is -4.15. The van der Waals surface area contributed by atoms with Crippen LogP contribution in [-0.4, -0.2) is 44.6 Å². The maximum atomic E-state index is 13.0. The Kier molecular flexibility index (Phi) is 5.79. The van der Waals surface area contributed by atoms with Crippen molar-refractivity contribution in [2.45, 2.75) is 16.1 Å². The Morgan fingerprint density at radius 3 is 2.48 bits per heavy atom. The Balaban J connectivity index is 0.00000240. The van der Waals surface area contributed by atoms with Gasteiger partial charge in [-0.3, -0.25) is 0 Å². The van der Waals surface area contributed by atoms with Gasteiger partial charge in [0.15, 0.2) is 0 Å². The first-order valence-electron chi connectivity index (χ1n) is 8.62. The standard InChI is InChI=1S/C18H17F3N4O2S.ClH/c19-18(20,21)12-2-1-3-13(10-12)28(26,27)16-11-14-15(24-16)4-5-23-17(14)25-8-6-22-7-9-25;/h1-5,10-11,22,24H,6-9H2;1H. The monoisotopic (exact) mass is 446 g/mol. The molecule has 1 fully saturated rings. The van der Waals surface area contributed by atoms with Gasteiger partial charge in [-0.05, 0) is 30.3 Å². The molecule has 0 radical (unpaired) electrons. The van der Waals surface area contributed by atoms with Crippen molar-refractivity contribution in [1.82, 2.24) is 15.3 Å². The van der Waals surface area contributed by atoms with E-state index in [9.17, 15) is 21.6 Å². The summed E-state index contributed by atoms with van der Waals surface area (Å²) in [5.74, 6) is 0.653. The van der Waals surface area contributed by atoms with Gasteiger partial charge in [-0.1, -0.05) is 6.07 Å². The molecule has 6 nitrogen and oxygen atoms in total. The molecule has 1 aromatic carbocycles. The molecular formula is C18H18ClF3N4O2S. The molecule has 0 spiro atoms. The van der Waals surface area contributed by atoms with Crippen LogP contribution in [0.3, 0.4) is 0 Å². The van der Waals surface area contributed by atoms with Crippen LogP contribution < -0.4 is 10.2 Å². The summed E-state index contributed by atoms with van der Waals surface area (Å²) >= 11 is 0. The first-order chi connectivity index (χ1) is 13.3. The molecule has 156 valence electrons. The zero-order valence-corrected chi connectivity index (χ0v) is 16.7. The van der Waals surface area contributed by atoms with E-state index >= 15 is 0 Å². The molecule has 0 atom stereocenters. The van der Waals surface area contributed by atoms with Crippen molar-refractivity contribution in [2.75, 3.05) is 31.1 Å². The number of aromatic amines is 1. The maximum Gasteiger partial charge on any atom is 0.416 e. The van der Waals surface area contributed by atoms with Crippen molar-refractivity contribution in [3.8, 4) is 0 Å². The summed E-state index contributed by atoms with van der Waals surface area (Å²) < 4.78 is 64.7. The number of H-pyrrole nitrogens is 1. The Morgan fingerprint density at radius 2 is 1.79 bits per heavy atom. The van der Waals surface area contributed by atoms with Crippen molar-refractivity contribution in [3.05, 3.63) is 48.2 Å². The highest BCUT2D eigenvalue weighted by Crippen LogP contribution is 2.33. The number of pyridine rings is 1. The normalized spacial score (nSPS) is 15.3. The molecule has 0 aliphatic carbocycles. The van der Waals surface area contributed by atoms with E-state index < -0.39 is 26.5 Å². The van der Waals surface area contributed by atoms with Crippen molar-refractivity contribution in [1.29, 1.82) is 0 Å². The molecule has 1 saturated heterocycles. The lowest BCUT2D eigenvalue weighted by Crippen LogP contribution is -2.43. The van der Waals surface area contributed by atoms with Crippen molar-refractivity contribution in [3.63, 3.8) is 0 Å². The summed E-state index contributed by atoms with van der Waals surface area (Å²) in [5, 5.41) is 3.70. The van der Waals surface area contributed by atoms with Crippen LogP contribution in [-0.2, 0) is 16.0 Å². The highest BCUT2D eigenvalue weighted by molar-refractivity contribution is 7.91. The Hall–Kier alpha value is -2.30. The van der Waals surface area contributed by atoms with Crippen LogP contribution in [0.4, 0.5) is 19.0 Å². The summed E-state index contributed by atoms with van der Waals surface area (Å²) in [4.78, 5) is 8.84. The number of piperazine rings is 1. The van der Waals surface area contributed by atoms with Gasteiger partial charge in [-0.15, -0.1) is 12.4 Å². The minimum Gasteiger partial charge on any atom is -0.354 e. The molecule has 0 amide bonds. The number of alkyl halides is 3. The van der Waals surface area contributed by atoms with Crippen LogP contribution in [0, 0.1) is 0 Å². The second kappa shape index (κ2) is 7.85. The number of halogens is 4. The first kappa shape index (κ1) is 21.4. The molecule has 29 heavy (non-hydrogen) atoms. The van der Waals surface area contributed by atoms with Crippen LogP contribution in [0.5, 0.6) is 0 Å². The predicted molar refractivity (Wildman–Crippen MR) is 105 cm³/mol. The molecule has 11 heteroatoms. The smallest absolute Gasteiger partial charge is 0.354 e. The molecule has 3 aromatic rings. The summed E-state index contributed by atoms with van der Waals surface area (Å²) in [5.41, 5.74) is -0.443. The van der Waals surface area contributed by atoms with Crippen LogP contribution in [0.15, 0.2) is 52.5 Å². The summed E-state index contributed by atoms with van der Waals surface area (Å²) in [6.07, 6.45) is -3.04. The minimum atomic E-state index is -4.62. The number of fused-ring (bicyclic) bond motifs is 1. The minimum absolute atomic E-state index is 0. The number of aromatic nitrogens is 2. The fraction of sp³-hybridized carbons (Fsp3) is 0.278. The third-order valence-electron chi connectivity index (χ3n) is 4.68. The summed E-state index contributed by atoms with van der Waals surface area (Å²) in [6, 6.07) is 6.83. The van der Waals surface area contributed by atoms with Crippen molar-refractivity contribution in [2.24, 2.45) is 0 Å². The quantitative estimate of drug-likeness (QED) is 0.645. The zero-order valence-electron chi connectivity index (χ0n) is 15.0. The fourth-order valence-corrected chi connectivity index (χ4v) is 4.56. The third-order valence-corrected chi connectivity index (χ3v) is 6.35. The van der Waals surface area contributed by atoms with Gasteiger partial charge in [0.25, 0.3) is 0 Å². The van der Waals surface area contributed by atoms with E-state index in [1.54, 1.807) is 12.3 Å². The third kappa shape index (κ3) is 4.05. The number of anilines is 1. The molecule has 3 heterocycles. The highest BCUT2D eigenvalue weighted by atomic mass is 35.5. The molecule has 1 aliphatic heterocycles. The van der Waals surface area contributed by atoms with Gasteiger partial charge in [0.2, 0.25) is 9.84 Å². The van der Waals surface area contributed by atoms with Gasteiger partial charge < -0.3 is 15.2 Å². The van der Waals surface area contributed by atoms with Gasteiger partial charge in [0.1, 0.15) is 10.8 Å². The fourth-order valence-electron chi connectivity index (χ4n) is 3.25. The molecule has 2 aromatic heterocycles. The Bertz CT molecular complexity index is 1130. The van der Waals surface area contributed by atoms with E-state index in [0.29, 0.717) is 22.8 Å². The Labute approximate surface area is 171 Å². The van der Waals surface area contributed by atoms with Crippen molar-refractivity contribution >= 4 is 39.0 Å². The van der Waals surface area contributed by atoms with Gasteiger partial charge >= 0.3 is 6.18 Å². The van der Waals surface area contributed by atoms with Crippen LogP contribution >= 0.6 is 12.4 Å². The largest absolute Gasteiger partial charge is 0.416 e. The molecule has 0 unspecified atom stereocenters. The van der Waals surface area contributed by atoms with E-state index in [1.165, 1.54) is 6.07 Å². The maximum absolute atomic E-state index is 13.0. The van der Waals surface area contributed by atoms with Gasteiger partial charge in [-0.2, -0.15) is 13.2 Å². The zero-order chi connectivity index (χ0) is 19.9. The number of hydrogen-bond acceptors (Lipinski definition) is 5. The molecule has 0 saturated carbocycles. The lowest BCUT2D eigenvalue weighted by molar-refractivity contribution is -0.137. The molecule has 4 rings (SSSR count). The number of nitrogens with one attached hydrogen (secondary N) is 2. The number of hydrogen-bond donors (Lipinski definition) is 2. The summed E-state index contributed by atoms with van der Waals surface area (Å²) in [6.45, 7) is 3.04. The second-order valence-electron chi connectivity index (χ2n) is 6.50. The van der Waals surface area contributed by atoms with Gasteiger partial charge in [0.05, 0.1) is 16.0 Å². The number of sulfone groups is 1. The molecule has 2 N–H and O–H groups in total. The Morgan fingerprint density at radius 1 is 1.07 bits per heavy atom. The van der Waals surface area contributed by atoms with E-state index in [2.05, 4.69) is 15.3 Å². The first-order valence-corrected chi connectivity index (χ1v) is 10.1.